The number of nitrogens with two attached hydrogens (primary N) is 1. The van der Waals surface area contributed by atoms with Gasteiger partial charge in [-0.05, 0) is 56.3 Å². The maximum Gasteiger partial charge on any atom is 0.251 e. The van der Waals surface area contributed by atoms with Gasteiger partial charge in [-0.15, -0.1) is 0 Å². The number of hydrogen-bond donors (Lipinski definition) is 3. The van der Waals surface area contributed by atoms with E-state index in [1.807, 2.05) is 25.2 Å². The van der Waals surface area contributed by atoms with Crippen molar-refractivity contribution in [2.45, 2.75) is 50.6 Å². The van der Waals surface area contributed by atoms with Crippen molar-refractivity contribution in [2.75, 3.05) is 12.8 Å². The van der Waals surface area contributed by atoms with E-state index in [4.69, 9.17) is 28.9 Å². The highest BCUT2D eigenvalue weighted by Gasteiger charge is 2.42. The molecule has 0 spiro atoms. The van der Waals surface area contributed by atoms with Crippen LogP contribution in [0.5, 0.6) is 0 Å². The molecule has 1 fully saturated rings. The highest BCUT2D eigenvalue weighted by molar-refractivity contribution is 6.39. The lowest BCUT2D eigenvalue weighted by Gasteiger charge is -2.46. The molecule has 3 rings (SSSR count). The number of carbonyl (C=O) groups is 1. The molecule has 1 unspecified atom stereocenters. The highest BCUT2D eigenvalue weighted by atomic mass is 35.5. The van der Waals surface area contributed by atoms with Gasteiger partial charge in [0.2, 0.25) is 0 Å². The summed E-state index contributed by atoms with van der Waals surface area (Å²) in [5.74, 6) is 0.535. The topological polar surface area (TPSA) is 67.1 Å². The summed E-state index contributed by atoms with van der Waals surface area (Å²) in [6.45, 7) is 2.25. The van der Waals surface area contributed by atoms with E-state index in [0.29, 0.717) is 5.56 Å². The zero-order chi connectivity index (χ0) is 21.0. The molecule has 1 aliphatic carbocycles. The molecule has 1 aliphatic rings. The lowest BCUT2D eigenvalue weighted by atomic mass is 9.70. The van der Waals surface area contributed by atoms with Gasteiger partial charge in [-0.3, -0.25) is 4.79 Å². The average molecular weight is 434 g/mol. The first kappa shape index (κ1) is 21.9. The maximum absolute atomic E-state index is 13.2. The average Bonchev–Trinajstić information content (AvgIpc) is 2.76. The molecule has 156 valence electrons. The van der Waals surface area contributed by atoms with Gasteiger partial charge in [-0.25, -0.2) is 0 Å². The maximum atomic E-state index is 13.2. The van der Waals surface area contributed by atoms with Crippen molar-refractivity contribution in [1.82, 2.24) is 10.6 Å². The number of benzene rings is 2. The summed E-state index contributed by atoms with van der Waals surface area (Å²) in [6.07, 6.45) is 5.51. The van der Waals surface area contributed by atoms with Gasteiger partial charge in [0.15, 0.2) is 0 Å². The molecule has 0 radical (unpaired) electrons. The van der Waals surface area contributed by atoms with E-state index in [0.717, 1.165) is 37.2 Å². The minimum absolute atomic E-state index is 0.172. The van der Waals surface area contributed by atoms with Crippen molar-refractivity contribution < 1.29 is 4.79 Å². The van der Waals surface area contributed by atoms with Gasteiger partial charge in [-0.1, -0.05) is 66.9 Å². The van der Waals surface area contributed by atoms with Gasteiger partial charge in [-0.2, -0.15) is 0 Å². The quantitative estimate of drug-likeness (QED) is 0.518. The number of rotatable bonds is 6. The molecule has 4 N–H and O–H groups in total. The van der Waals surface area contributed by atoms with Gasteiger partial charge >= 0.3 is 0 Å². The van der Waals surface area contributed by atoms with Gasteiger partial charge in [0.25, 0.3) is 5.91 Å². The minimum Gasteiger partial charge on any atom is -0.396 e. The fourth-order valence-electron chi connectivity index (χ4n) is 4.40. The Bertz CT molecular complexity index is 825. The number of nitrogen functional groups attached to an aromatic ring is 1. The van der Waals surface area contributed by atoms with E-state index in [9.17, 15) is 4.79 Å². The van der Waals surface area contributed by atoms with Crippen LogP contribution in [0, 0.1) is 5.92 Å². The Labute approximate surface area is 183 Å². The molecule has 0 aliphatic heterocycles. The van der Waals surface area contributed by atoms with E-state index >= 15 is 0 Å². The normalized spacial score (nSPS) is 22.8. The van der Waals surface area contributed by atoms with Crippen LogP contribution in [0.1, 0.15) is 61.0 Å². The van der Waals surface area contributed by atoms with Crippen LogP contribution in [0.2, 0.25) is 10.0 Å². The second kappa shape index (κ2) is 9.38. The van der Waals surface area contributed by atoms with E-state index in [1.165, 1.54) is 6.42 Å². The van der Waals surface area contributed by atoms with E-state index < -0.39 is 0 Å². The molecule has 0 bridgehead atoms. The summed E-state index contributed by atoms with van der Waals surface area (Å²) in [5.41, 5.74) is 7.39. The fraction of sp³-hybridized carbons (Fsp3) is 0.435. The Kier molecular flexibility index (Phi) is 7.10. The first-order valence-corrected chi connectivity index (χ1v) is 10.9. The molecule has 6 heteroatoms. The standard InChI is InChI=1S/C23H29Cl2N3O/c1-3-15-9-11-23(27-2,12-10-15)21(16-7-5-4-6-8-16)28-22(29)17-13-18(24)20(26)19(25)14-17/h4-8,13-15,21,27H,3,9-12,26H2,1-2H3,(H,28,29). The number of hydrogen-bond acceptors (Lipinski definition) is 3. The molecule has 0 heterocycles. The van der Waals surface area contributed by atoms with Crippen LogP contribution in [0.25, 0.3) is 0 Å². The third-order valence-electron chi connectivity index (χ3n) is 6.37. The van der Waals surface area contributed by atoms with Crippen LogP contribution in [-0.2, 0) is 0 Å². The van der Waals surface area contributed by atoms with Crippen molar-refractivity contribution in [1.29, 1.82) is 0 Å². The molecule has 2 aromatic rings. The van der Waals surface area contributed by atoms with Crippen LogP contribution >= 0.6 is 23.2 Å². The summed E-state index contributed by atoms with van der Waals surface area (Å²) < 4.78 is 0. The number of anilines is 1. The highest BCUT2D eigenvalue weighted by Crippen LogP contribution is 2.41. The zero-order valence-corrected chi connectivity index (χ0v) is 18.5. The molecular formula is C23H29Cl2N3O. The zero-order valence-electron chi connectivity index (χ0n) is 17.0. The van der Waals surface area contributed by atoms with Crippen LogP contribution < -0.4 is 16.4 Å². The number of carbonyl (C=O) groups excluding carboxylic acids is 1. The predicted molar refractivity (Wildman–Crippen MR) is 122 cm³/mol. The Morgan fingerprint density at radius 3 is 2.28 bits per heavy atom. The van der Waals surface area contributed by atoms with Gasteiger partial charge < -0.3 is 16.4 Å². The summed E-state index contributed by atoms with van der Waals surface area (Å²) >= 11 is 12.3. The summed E-state index contributed by atoms with van der Waals surface area (Å²) in [7, 11) is 1.99. The van der Waals surface area contributed by atoms with E-state index in [2.05, 4.69) is 29.7 Å². The van der Waals surface area contributed by atoms with Gasteiger partial charge in [0.05, 0.1) is 21.8 Å². The van der Waals surface area contributed by atoms with Crippen LogP contribution in [-0.4, -0.2) is 18.5 Å². The smallest absolute Gasteiger partial charge is 0.251 e. The molecular weight excluding hydrogens is 405 g/mol. The van der Waals surface area contributed by atoms with Crippen LogP contribution in [0.15, 0.2) is 42.5 Å². The summed E-state index contributed by atoms with van der Waals surface area (Å²) in [5, 5.41) is 7.39. The molecule has 1 amide bonds. The lowest BCUT2D eigenvalue weighted by molar-refractivity contribution is 0.0856. The summed E-state index contributed by atoms with van der Waals surface area (Å²) in [4.78, 5) is 13.2. The van der Waals surface area contributed by atoms with E-state index in [-0.39, 0.29) is 33.2 Å². The molecule has 4 nitrogen and oxygen atoms in total. The van der Waals surface area contributed by atoms with Gasteiger partial charge in [0.1, 0.15) is 0 Å². The largest absolute Gasteiger partial charge is 0.396 e. The first-order valence-electron chi connectivity index (χ1n) is 10.2. The summed E-state index contributed by atoms with van der Waals surface area (Å²) in [6, 6.07) is 13.1. The molecule has 2 aromatic carbocycles. The third-order valence-corrected chi connectivity index (χ3v) is 7.00. The molecule has 29 heavy (non-hydrogen) atoms. The molecule has 0 aromatic heterocycles. The molecule has 1 saturated carbocycles. The minimum atomic E-state index is -0.213. The molecule has 1 atom stereocenters. The van der Waals surface area contributed by atoms with Crippen molar-refractivity contribution >= 4 is 34.8 Å². The monoisotopic (exact) mass is 433 g/mol. The Hall–Kier alpha value is -1.75. The van der Waals surface area contributed by atoms with E-state index in [1.54, 1.807) is 12.1 Å². The number of likely N-dealkylation sites (N-methyl/N-ethyl adjacent to an activating group) is 1. The Morgan fingerprint density at radius 2 is 1.76 bits per heavy atom. The predicted octanol–water partition coefficient (Wildman–Crippen LogP) is 5.61. The first-order chi connectivity index (χ1) is 13.9. The lowest BCUT2D eigenvalue weighted by Crippen LogP contribution is -2.56. The van der Waals surface area contributed by atoms with Crippen molar-refractivity contribution in [3.05, 3.63) is 63.6 Å². The second-order valence-corrected chi connectivity index (χ2v) is 8.74. The fourth-order valence-corrected chi connectivity index (χ4v) is 4.89. The number of nitrogens with one attached hydrogen (secondary N) is 2. The Morgan fingerprint density at radius 1 is 1.17 bits per heavy atom. The van der Waals surface area contributed by atoms with Crippen molar-refractivity contribution in [3.8, 4) is 0 Å². The van der Waals surface area contributed by atoms with Gasteiger partial charge in [0, 0.05) is 11.1 Å². The van der Waals surface area contributed by atoms with Crippen molar-refractivity contribution in [2.24, 2.45) is 5.92 Å². The second-order valence-electron chi connectivity index (χ2n) is 7.93. The Balaban J connectivity index is 1.93. The van der Waals surface area contributed by atoms with Crippen LogP contribution in [0.4, 0.5) is 5.69 Å². The third kappa shape index (κ3) is 4.71. The molecule has 0 saturated heterocycles. The number of amides is 1. The van der Waals surface area contributed by atoms with Crippen molar-refractivity contribution in [3.63, 3.8) is 0 Å². The van der Waals surface area contributed by atoms with Crippen LogP contribution in [0.3, 0.4) is 0 Å². The SMILES string of the molecule is CCC1CCC(NC)(C(NC(=O)c2cc(Cl)c(N)c(Cl)c2)c2ccccc2)CC1. The number of halogens is 2.